The number of hydrogen-bond donors (Lipinski definition) is 0. The van der Waals surface area contributed by atoms with Crippen LogP contribution < -0.4 is 9.64 Å². The summed E-state index contributed by atoms with van der Waals surface area (Å²) in [7, 11) is 0. The smallest absolute Gasteiger partial charge is 0.135 e. The topological polar surface area (TPSA) is 17.4 Å². The molecule has 10 aromatic carbocycles. The van der Waals surface area contributed by atoms with E-state index in [0.717, 1.165) is 45.3 Å². The Bertz CT molecular complexity index is 3650. The van der Waals surface area contributed by atoms with Gasteiger partial charge in [0.15, 0.2) is 0 Å². The van der Waals surface area contributed by atoms with Crippen molar-refractivity contribution < 1.29 is 4.74 Å². The maximum atomic E-state index is 6.56. The summed E-state index contributed by atoms with van der Waals surface area (Å²) in [5, 5.41) is 4.87. The number of aromatic nitrogens is 1. The molecule has 0 bridgehead atoms. The zero-order valence-electron chi connectivity index (χ0n) is 35.6. The standard InChI is InChI=1S/C61H42N2O/c1-61(2)54-19-8-6-16-48(54)49-34-32-47(38-55(49)61)62(46-30-24-40(25-31-46)43-26-33-51-52-18-10-12-41-13-11-21-58(60(41)52)64-59(51)37-43)45-28-22-39(23-29-45)42-27-35-57-53(36-42)50-17-7-9-20-56(50)63(57)44-14-4-3-5-15-44/h3-38H,1-2H3. The minimum Gasteiger partial charge on any atom is -0.456 e. The highest BCUT2D eigenvalue weighted by Crippen LogP contribution is 2.51. The number of anilines is 3. The van der Waals surface area contributed by atoms with Crippen molar-refractivity contribution in [3.8, 4) is 61.7 Å². The van der Waals surface area contributed by atoms with E-state index in [2.05, 4.69) is 242 Å². The Morgan fingerprint density at radius 3 is 1.78 bits per heavy atom. The molecule has 0 unspecified atom stereocenters. The number of fused-ring (bicyclic) bond motifs is 8. The molecular weight excluding hydrogens is 777 g/mol. The SMILES string of the molecule is CC1(C)c2ccccc2-c2ccc(N(c3ccc(-c4ccc5c(c4)Oc4cccc6cccc-5c46)cc3)c3ccc(-c4ccc5c(c4)c4ccccc4n5-c4ccccc4)cc3)cc21. The van der Waals surface area contributed by atoms with Crippen molar-refractivity contribution in [1.82, 2.24) is 4.57 Å². The third-order valence-electron chi connectivity index (χ3n) is 13.8. The number of nitrogens with zero attached hydrogens (tertiary/aromatic N) is 2. The first kappa shape index (κ1) is 36.5. The molecule has 3 heteroatoms. The fourth-order valence-electron chi connectivity index (χ4n) is 10.6. The van der Waals surface area contributed by atoms with E-state index >= 15 is 0 Å². The van der Waals surface area contributed by atoms with E-state index in [1.807, 2.05) is 0 Å². The minimum absolute atomic E-state index is 0.121. The van der Waals surface area contributed by atoms with Crippen molar-refractivity contribution >= 4 is 49.6 Å². The second-order valence-corrected chi connectivity index (χ2v) is 17.7. The van der Waals surface area contributed by atoms with Gasteiger partial charge in [0.1, 0.15) is 11.5 Å². The Morgan fingerprint density at radius 2 is 0.984 bits per heavy atom. The largest absolute Gasteiger partial charge is 0.456 e. The number of benzene rings is 10. The van der Waals surface area contributed by atoms with Crippen LogP contribution in [0, 0.1) is 0 Å². The third kappa shape index (κ3) is 5.54. The quantitative estimate of drug-likeness (QED) is 0.166. The van der Waals surface area contributed by atoms with Crippen LogP contribution in [0.4, 0.5) is 17.1 Å². The molecule has 0 saturated heterocycles. The molecule has 1 aromatic heterocycles. The average Bonchev–Trinajstić information content (AvgIpc) is 3.80. The van der Waals surface area contributed by atoms with Crippen molar-refractivity contribution in [2.45, 2.75) is 19.3 Å². The van der Waals surface area contributed by atoms with Gasteiger partial charge in [-0.2, -0.15) is 0 Å². The number of para-hydroxylation sites is 2. The Morgan fingerprint density at radius 1 is 0.391 bits per heavy atom. The van der Waals surface area contributed by atoms with Crippen LogP contribution in [0.1, 0.15) is 25.0 Å². The molecular formula is C61H42N2O. The molecule has 1 aliphatic heterocycles. The van der Waals surface area contributed by atoms with Gasteiger partial charge in [-0.1, -0.05) is 147 Å². The van der Waals surface area contributed by atoms with Gasteiger partial charge in [-0.05, 0) is 140 Å². The van der Waals surface area contributed by atoms with Gasteiger partial charge in [0.05, 0.1) is 11.0 Å². The fourth-order valence-corrected chi connectivity index (χ4v) is 10.6. The third-order valence-corrected chi connectivity index (χ3v) is 13.8. The summed E-state index contributed by atoms with van der Waals surface area (Å²) >= 11 is 0. The lowest BCUT2D eigenvalue weighted by molar-refractivity contribution is 0.487. The molecule has 0 atom stereocenters. The molecule has 2 aliphatic rings. The lowest BCUT2D eigenvalue weighted by atomic mass is 9.82. The molecule has 1 aliphatic carbocycles. The number of ether oxygens (including phenoxy) is 1. The van der Waals surface area contributed by atoms with Crippen molar-refractivity contribution in [1.29, 1.82) is 0 Å². The van der Waals surface area contributed by atoms with E-state index in [1.54, 1.807) is 0 Å². The summed E-state index contributed by atoms with van der Waals surface area (Å²) in [6, 6.07) is 79.6. The van der Waals surface area contributed by atoms with Gasteiger partial charge in [-0.25, -0.2) is 0 Å². The molecule has 0 spiro atoms. The highest BCUT2D eigenvalue weighted by atomic mass is 16.5. The van der Waals surface area contributed by atoms with Crippen LogP contribution in [0.15, 0.2) is 218 Å². The van der Waals surface area contributed by atoms with Gasteiger partial charge in [-0.3, -0.25) is 0 Å². The van der Waals surface area contributed by atoms with Gasteiger partial charge in [-0.15, -0.1) is 0 Å². The predicted molar refractivity (Wildman–Crippen MR) is 267 cm³/mol. The molecule has 0 N–H and O–H groups in total. The summed E-state index contributed by atoms with van der Waals surface area (Å²) in [5.74, 6) is 1.80. The molecule has 64 heavy (non-hydrogen) atoms. The summed E-state index contributed by atoms with van der Waals surface area (Å²) < 4.78 is 8.93. The maximum absolute atomic E-state index is 6.56. The Labute approximate surface area is 372 Å². The minimum atomic E-state index is -0.121. The van der Waals surface area contributed by atoms with Crippen molar-refractivity contribution in [2.24, 2.45) is 0 Å². The highest BCUT2D eigenvalue weighted by Gasteiger charge is 2.35. The molecule has 0 amide bonds. The van der Waals surface area contributed by atoms with E-state index in [4.69, 9.17) is 4.74 Å². The number of hydrogen-bond acceptors (Lipinski definition) is 2. The molecule has 13 rings (SSSR count). The zero-order chi connectivity index (χ0) is 42.5. The Kier molecular flexibility index (Phi) is 7.95. The van der Waals surface area contributed by atoms with E-state index in [-0.39, 0.29) is 5.41 Å². The summed E-state index contributed by atoms with van der Waals surface area (Å²) in [6.45, 7) is 4.70. The first-order valence-corrected chi connectivity index (χ1v) is 22.2. The van der Waals surface area contributed by atoms with Gasteiger partial charge in [0, 0.05) is 49.9 Å². The molecule has 3 nitrogen and oxygen atoms in total. The van der Waals surface area contributed by atoms with Crippen molar-refractivity contribution in [3.63, 3.8) is 0 Å². The Hall–Kier alpha value is -8.14. The second kappa shape index (κ2) is 13.9. The molecule has 0 radical (unpaired) electrons. The van der Waals surface area contributed by atoms with Gasteiger partial charge in [0.2, 0.25) is 0 Å². The van der Waals surface area contributed by atoms with E-state index in [9.17, 15) is 0 Å². The zero-order valence-corrected chi connectivity index (χ0v) is 35.6. The van der Waals surface area contributed by atoms with E-state index < -0.39 is 0 Å². The molecule has 11 aromatic rings. The summed E-state index contributed by atoms with van der Waals surface area (Å²) in [4.78, 5) is 2.40. The first-order chi connectivity index (χ1) is 31.5. The van der Waals surface area contributed by atoms with Crippen LogP contribution in [0.5, 0.6) is 11.5 Å². The molecule has 0 saturated carbocycles. The lowest BCUT2D eigenvalue weighted by Crippen LogP contribution is -2.16. The lowest BCUT2D eigenvalue weighted by Gasteiger charge is -2.28. The van der Waals surface area contributed by atoms with Gasteiger partial charge in [0.25, 0.3) is 0 Å². The highest BCUT2D eigenvalue weighted by molar-refractivity contribution is 6.10. The van der Waals surface area contributed by atoms with Crippen molar-refractivity contribution in [3.05, 3.63) is 230 Å². The molecule has 302 valence electrons. The van der Waals surface area contributed by atoms with Crippen LogP contribution in [0.25, 0.3) is 82.8 Å². The second-order valence-electron chi connectivity index (χ2n) is 17.7. The van der Waals surface area contributed by atoms with E-state index in [1.165, 1.54) is 77.2 Å². The maximum Gasteiger partial charge on any atom is 0.135 e. The normalized spacial score (nSPS) is 13.1. The summed E-state index contributed by atoms with van der Waals surface area (Å²) in [6.07, 6.45) is 0. The Balaban J connectivity index is 0.890. The molecule has 0 fully saturated rings. The molecule has 2 heterocycles. The average molecular weight is 819 g/mol. The van der Waals surface area contributed by atoms with Crippen LogP contribution in [-0.4, -0.2) is 4.57 Å². The van der Waals surface area contributed by atoms with Gasteiger partial charge >= 0.3 is 0 Å². The van der Waals surface area contributed by atoms with Gasteiger partial charge < -0.3 is 14.2 Å². The monoisotopic (exact) mass is 818 g/mol. The number of rotatable bonds is 6. The van der Waals surface area contributed by atoms with Crippen molar-refractivity contribution in [2.75, 3.05) is 4.90 Å². The predicted octanol–water partition coefficient (Wildman–Crippen LogP) is 16.8. The van der Waals surface area contributed by atoms with Crippen LogP contribution in [0.3, 0.4) is 0 Å². The van der Waals surface area contributed by atoms with Crippen LogP contribution in [0.2, 0.25) is 0 Å². The van der Waals surface area contributed by atoms with E-state index in [0.29, 0.717) is 0 Å². The summed E-state index contributed by atoms with van der Waals surface area (Å²) in [5.41, 5.74) is 19.1. The van der Waals surface area contributed by atoms with Crippen LogP contribution in [-0.2, 0) is 5.41 Å². The first-order valence-electron chi connectivity index (χ1n) is 22.2. The fraction of sp³-hybridized carbons (Fsp3) is 0.0492. The van der Waals surface area contributed by atoms with Crippen LogP contribution >= 0.6 is 0 Å².